The Labute approximate surface area is 186 Å². The van der Waals surface area contributed by atoms with E-state index in [1.807, 2.05) is 0 Å². The van der Waals surface area contributed by atoms with Crippen molar-refractivity contribution in [2.75, 3.05) is 0 Å². The standard InChI is InChI=1S/C28H50O2/c1-17(2)18(3)7-8-19(4)23-11-12-24-22-10-9-20-15-21(29)13-14-27(20,5)26(22)25(30)16-28(23,24)6/h17-26,29-30H,7-16H2,1-6H3/t18-,19+,20-,21+,22-,23-,24+,25+,26+,27-,28-/m0/s1. The van der Waals surface area contributed by atoms with Gasteiger partial charge in [0.15, 0.2) is 0 Å². The van der Waals surface area contributed by atoms with E-state index >= 15 is 0 Å². The van der Waals surface area contributed by atoms with E-state index in [2.05, 4.69) is 41.5 Å². The van der Waals surface area contributed by atoms with Gasteiger partial charge in [-0.15, -0.1) is 0 Å². The quantitative estimate of drug-likeness (QED) is 0.522. The number of fused-ring (bicyclic) bond motifs is 5. The molecule has 4 rings (SSSR count). The van der Waals surface area contributed by atoms with Crippen molar-refractivity contribution in [3.8, 4) is 0 Å². The molecule has 0 spiro atoms. The lowest BCUT2D eigenvalue weighted by Gasteiger charge is -2.62. The van der Waals surface area contributed by atoms with Gasteiger partial charge in [-0.1, -0.05) is 54.4 Å². The highest BCUT2D eigenvalue weighted by molar-refractivity contribution is 5.12. The van der Waals surface area contributed by atoms with E-state index in [0.29, 0.717) is 23.2 Å². The highest BCUT2D eigenvalue weighted by atomic mass is 16.3. The zero-order valence-electron chi connectivity index (χ0n) is 20.7. The fourth-order valence-electron chi connectivity index (χ4n) is 9.39. The summed E-state index contributed by atoms with van der Waals surface area (Å²) in [6.07, 6.45) is 11.9. The molecule has 0 aromatic heterocycles. The van der Waals surface area contributed by atoms with Crippen molar-refractivity contribution in [2.45, 2.75) is 118 Å². The van der Waals surface area contributed by atoms with Gasteiger partial charge >= 0.3 is 0 Å². The average molecular weight is 419 g/mol. The van der Waals surface area contributed by atoms with Gasteiger partial charge in [-0.05, 0) is 110 Å². The average Bonchev–Trinajstić information content (AvgIpc) is 3.02. The minimum atomic E-state index is -0.137. The van der Waals surface area contributed by atoms with E-state index in [1.54, 1.807) is 0 Å². The Bertz CT molecular complexity index is 601. The smallest absolute Gasteiger partial charge is 0.0581 e. The van der Waals surface area contributed by atoms with Gasteiger partial charge in [-0.2, -0.15) is 0 Å². The van der Waals surface area contributed by atoms with Crippen LogP contribution in [0.3, 0.4) is 0 Å². The highest BCUT2D eigenvalue weighted by Crippen LogP contribution is 2.68. The molecule has 4 fully saturated rings. The number of aliphatic hydroxyl groups is 2. The zero-order valence-corrected chi connectivity index (χ0v) is 20.7. The maximum Gasteiger partial charge on any atom is 0.0581 e. The third kappa shape index (κ3) is 3.70. The van der Waals surface area contributed by atoms with Gasteiger partial charge in [0.05, 0.1) is 12.2 Å². The molecule has 4 saturated carbocycles. The molecule has 11 atom stereocenters. The van der Waals surface area contributed by atoms with E-state index in [9.17, 15) is 10.2 Å². The van der Waals surface area contributed by atoms with Crippen LogP contribution >= 0.6 is 0 Å². The Hall–Kier alpha value is -0.0800. The van der Waals surface area contributed by atoms with E-state index in [1.165, 1.54) is 38.5 Å². The third-order valence-corrected chi connectivity index (χ3v) is 11.5. The first-order valence-electron chi connectivity index (χ1n) is 13.4. The summed E-state index contributed by atoms with van der Waals surface area (Å²) in [5.74, 6) is 5.78. The third-order valence-electron chi connectivity index (χ3n) is 11.5. The molecule has 0 unspecified atom stereocenters. The number of aliphatic hydroxyl groups excluding tert-OH is 2. The normalized spacial score (nSPS) is 50.5. The van der Waals surface area contributed by atoms with Crippen molar-refractivity contribution in [3.63, 3.8) is 0 Å². The van der Waals surface area contributed by atoms with Gasteiger partial charge in [0.1, 0.15) is 0 Å². The monoisotopic (exact) mass is 418 g/mol. The summed E-state index contributed by atoms with van der Waals surface area (Å²) in [5.41, 5.74) is 0.581. The molecule has 2 nitrogen and oxygen atoms in total. The van der Waals surface area contributed by atoms with E-state index in [-0.39, 0.29) is 17.6 Å². The SMILES string of the molecule is CC(C)[C@@H](C)CC[C@@H](C)[C@@H]1CC[C@@H]2[C@@H]3CC[C@H]4C[C@H](O)CC[C@]4(C)[C@H]3[C@H](O)C[C@]21C. The minimum Gasteiger partial charge on any atom is -0.393 e. The molecule has 30 heavy (non-hydrogen) atoms. The number of hydrogen-bond acceptors (Lipinski definition) is 2. The molecule has 0 aromatic carbocycles. The van der Waals surface area contributed by atoms with Crippen LogP contribution in [0.15, 0.2) is 0 Å². The summed E-state index contributed by atoms with van der Waals surface area (Å²) in [6.45, 7) is 14.7. The van der Waals surface area contributed by atoms with Gasteiger partial charge in [0, 0.05) is 0 Å². The van der Waals surface area contributed by atoms with Crippen molar-refractivity contribution in [3.05, 3.63) is 0 Å². The van der Waals surface area contributed by atoms with Crippen LogP contribution in [-0.2, 0) is 0 Å². The molecule has 0 aliphatic heterocycles. The summed E-state index contributed by atoms with van der Waals surface area (Å²) in [4.78, 5) is 0. The summed E-state index contributed by atoms with van der Waals surface area (Å²) in [7, 11) is 0. The molecule has 174 valence electrons. The second-order valence-corrected chi connectivity index (χ2v) is 13.2. The molecule has 0 aromatic rings. The molecule has 0 saturated heterocycles. The molecular weight excluding hydrogens is 368 g/mol. The van der Waals surface area contributed by atoms with Gasteiger partial charge in [-0.25, -0.2) is 0 Å². The van der Waals surface area contributed by atoms with Crippen LogP contribution in [0.1, 0.15) is 106 Å². The Morgan fingerprint density at radius 3 is 2.30 bits per heavy atom. The first-order valence-corrected chi connectivity index (χ1v) is 13.4. The minimum absolute atomic E-state index is 0.101. The lowest BCUT2D eigenvalue weighted by atomic mass is 9.43. The largest absolute Gasteiger partial charge is 0.393 e. The van der Waals surface area contributed by atoms with Crippen LogP contribution < -0.4 is 0 Å². The van der Waals surface area contributed by atoms with Crippen molar-refractivity contribution in [1.82, 2.24) is 0 Å². The molecule has 2 N–H and O–H groups in total. The van der Waals surface area contributed by atoms with Crippen LogP contribution in [0.5, 0.6) is 0 Å². The zero-order chi connectivity index (χ0) is 21.8. The maximum absolute atomic E-state index is 11.6. The second kappa shape index (κ2) is 8.36. The van der Waals surface area contributed by atoms with Gasteiger partial charge < -0.3 is 10.2 Å². The van der Waals surface area contributed by atoms with Crippen LogP contribution in [0, 0.1) is 58.2 Å². The molecule has 0 amide bonds. The first-order chi connectivity index (χ1) is 14.1. The van der Waals surface area contributed by atoms with Crippen molar-refractivity contribution < 1.29 is 10.2 Å². The van der Waals surface area contributed by atoms with Gasteiger partial charge in [0.2, 0.25) is 0 Å². The number of hydrogen-bond donors (Lipinski definition) is 2. The van der Waals surface area contributed by atoms with Crippen molar-refractivity contribution in [2.24, 2.45) is 58.2 Å². The molecule has 4 aliphatic carbocycles. The van der Waals surface area contributed by atoms with Crippen LogP contribution in [0.2, 0.25) is 0 Å². The van der Waals surface area contributed by atoms with Crippen LogP contribution in [0.4, 0.5) is 0 Å². The van der Waals surface area contributed by atoms with Gasteiger partial charge in [-0.3, -0.25) is 0 Å². The topological polar surface area (TPSA) is 40.5 Å². The molecule has 2 heteroatoms. The van der Waals surface area contributed by atoms with E-state index in [0.717, 1.165) is 55.3 Å². The Kier molecular flexibility index (Phi) is 6.44. The first kappa shape index (κ1) is 23.1. The summed E-state index contributed by atoms with van der Waals surface area (Å²) < 4.78 is 0. The maximum atomic E-state index is 11.6. The van der Waals surface area contributed by atoms with Crippen LogP contribution in [0.25, 0.3) is 0 Å². The van der Waals surface area contributed by atoms with Crippen molar-refractivity contribution >= 4 is 0 Å². The van der Waals surface area contributed by atoms with Gasteiger partial charge in [0.25, 0.3) is 0 Å². The van der Waals surface area contributed by atoms with E-state index < -0.39 is 0 Å². The Morgan fingerprint density at radius 1 is 0.867 bits per heavy atom. The predicted octanol–water partition coefficient (Wildman–Crippen LogP) is 6.69. The Morgan fingerprint density at radius 2 is 1.60 bits per heavy atom. The number of rotatable bonds is 5. The summed E-state index contributed by atoms with van der Waals surface area (Å²) >= 11 is 0. The predicted molar refractivity (Wildman–Crippen MR) is 125 cm³/mol. The molecule has 4 aliphatic rings. The van der Waals surface area contributed by atoms with E-state index in [4.69, 9.17) is 0 Å². The summed E-state index contributed by atoms with van der Waals surface area (Å²) in [5, 5.41) is 21.9. The molecule has 0 radical (unpaired) electrons. The van der Waals surface area contributed by atoms with Crippen LogP contribution in [-0.4, -0.2) is 22.4 Å². The molecule has 0 bridgehead atoms. The lowest BCUT2D eigenvalue weighted by molar-refractivity contribution is -0.179. The fraction of sp³-hybridized carbons (Fsp3) is 1.00. The summed E-state index contributed by atoms with van der Waals surface area (Å²) in [6, 6.07) is 0. The highest BCUT2D eigenvalue weighted by Gasteiger charge is 2.63. The second-order valence-electron chi connectivity index (χ2n) is 13.2. The molecule has 0 heterocycles. The lowest BCUT2D eigenvalue weighted by Crippen LogP contribution is -2.59. The Balaban J connectivity index is 1.51. The molecular formula is C28H50O2. The van der Waals surface area contributed by atoms with Crippen molar-refractivity contribution in [1.29, 1.82) is 0 Å². The fourth-order valence-corrected chi connectivity index (χ4v) is 9.39.